The molecule has 0 aliphatic carbocycles. The lowest BCUT2D eigenvalue weighted by Crippen LogP contribution is -2.11. The molecule has 1 aromatic rings. The summed E-state index contributed by atoms with van der Waals surface area (Å²) < 4.78 is 13.1. The zero-order valence-electron chi connectivity index (χ0n) is 8.97. The van der Waals surface area contributed by atoms with Crippen molar-refractivity contribution in [1.82, 2.24) is 0 Å². The van der Waals surface area contributed by atoms with Crippen LogP contribution in [0.2, 0.25) is 5.02 Å². The Morgan fingerprint density at radius 1 is 1.40 bits per heavy atom. The number of nitrogens with two attached hydrogens (primary N) is 1. The molecule has 0 saturated heterocycles. The minimum Gasteiger partial charge on any atom is -0.324 e. The van der Waals surface area contributed by atoms with Gasteiger partial charge in [-0.15, -0.1) is 0 Å². The fourth-order valence-corrected chi connectivity index (χ4v) is 1.84. The molecular weight excluding hydrogens is 213 g/mol. The lowest BCUT2D eigenvalue weighted by molar-refractivity contribution is 0.573. The molecule has 84 valence electrons. The van der Waals surface area contributed by atoms with Gasteiger partial charge in [0.1, 0.15) is 5.82 Å². The van der Waals surface area contributed by atoms with Gasteiger partial charge in [-0.3, -0.25) is 0 Å². The van der Waals surface area contributed by atoms with Gasteiger partial charge in [0, 0.05) is 6.04 Å². The van der Waals surface area contributed by atoms with Crippen molar-refractivity contribution in [3.8, 4) is 0 Å². The van der Waals surface area contributed by atoms with E-state index in [4.69, 9.17) is 17.3 Å². The van der Waals surface area contributed by atoms with Gasteiger partial charge in [0.15, 0.2) is 0 Å². The van der Waals surface area contributed by atoms with Gasteiger partial charge in [-0.05, 0) is 18.1 Å². The summed E-state index contributed by atoms with van der Waals surface area (Å²) >= 11 is 5.85. The molecule has 0 aromatic heterocycles. The van der Waals surface area contributed by atoms with E-state index in [0.29, 0.717) is 5.56 Å². The first-order valence-corrected chi connectivity index (χ1v) is 5.74. The normalized spacial score (nSPS) is 12.8. The van der Waals surface area contributed by atoms with Crippen LogP contribution in [0.4, 0.5) is 4.39 Å². The third-order valence-corrected chi connectivity index (χ3v) is 2.90. The van der Waals surface area contributed by atoms with Gasteiger partial charge in [-0.25, -0.2) is 4.39 Å². The van der Waals surface area contributed by atoms with Crippen LogP contribution < -0.4 is 5.73 Å². The molecule has 0 fully saturated rings. The van der Waals surface area contributed by atoms with Crippen molar-refractivity contribution in [1.29, 1.82) is 0 Å². The van der Waals surface area contributed by atoms with E-state index in [-0.39, 0.29) is 16.9 Å². The Balaban J connectivity index is 2.65. The Hall–Kier alpha value is -0.600. The molecule has 3 heteroatoms. The summed E-state index contributed by atoms with van der Waals surface area (Å²) in [4.78, 5) is 0. The van der Waals surface area contributed by atoms with Gasteiger partial charge in [0.25, 0.3) is 0 Å². The first kappa shape index (κ1) is 12.5. The van der Waals surface area contributed by atoms with Gasteiger partial charge in [-0.2, -0.15) is 0 Å². The zero-order chi connectivity index (χ0) is 11.3. The van der Waals surface area contributed by atoms with Gasteiger partial charge in [-0.1, -0.05) is 49.9 Å². The first-order chi connectivity index (χ1) is 7.16. The van der Waals surface area contributed by atoms with Gasteiger partial charge >= 0.3 is 0 Å². The van der Waals surface area contributed by atoms with E-state index in [2.05, 4.69) is 6.92 Å². The van der Waals surface area contributed by atoms with Crippen molar-refractivity contribution in [3.05, 3.63) is 34.6 Å². The summed E-state index contributed by atoms with van der Waals surface area (Å²) in [5.74, 6) is -0.389. The van der Waals surface area contributed by atoms with E-state index in [1.54, 1.807) is 12.1 Å². The molecule has 0 aliphatic rings. The number of halogens is 2. The quantitative estimate of drug-likeness (QED) is 0.758. The van der Waals surface area contributed by atoms with Crippen LogP contribution in [0.25, 0.3) is 0 Å². The molecule has 0 heterocycles. The molecule has 1 rings (SSSR count). The Morgan fingerprint density at radius 2 is 2.13 bits per heavy atom. The van der Waals surface area contributed by atoms with Crippen LogP contribution in [0, 0.1) is 5.82 Å². The fraction of sp³-hybridized carbons (Fsp3) is 0.500. The lowest BCUT2D eigenvalue weighted by atomic mass is 10.0. The summed E-state index contributed by atoms with van der Waals surface area (Å²) in [6.07, 6.45) is 4.23. The standard InChI is InChI=1S/C12H17ClFN/c1-2-3-4-8-11(15)9-6-5-7-10(14)12(9)13/h5-7,11H,2-4,8,15H2,1H3/t11-/m1/s1. The molecule has 0 amide bonds. The van der Waals surface area contributed by atoms with Crippen molar-refractivity contribution < 1.29 is 4.39 Å². The van der Waals surface area contributed by atoms with E-state index in [1.807, 2.05) is 0 Å². The Kier molecular flexibility index (Phi) is 5.06. The molecule has 0 bridgehead atoms. The van der Waals surface area contributed by atoms with Crippen LogP contribution in [0.3, 0.4) is 0 Å². The lowest BCUT2D eigenvalue weighted by Gasteiger charge is -2.13. The second-order valence-electron chi connectivity index (χ2n) is 3.75. The maximum atomic E-state index is 13.1. The number of unbranched alkanes of at least 4 members (excludes halogenated alkanes) is 2. The molecular formula is C12H17ClFN. The maximum Gasteiger partial charge on any atom is 0.142 e. The second-order valence-corrected chi connectivity index (χ2v) is 4.12. The van der Waals surface area contributed by atoms with Crippen LogP contribution in [-0.2, 0) is 0 Å². The Labute approximate surface area is 95.4 Å². The third-order valence-electron chi connectivity index (χ3n) is 2.50. The average Bonchev–Trinajstić information content (AvgIpc) is 2.22. The van der Waals surface area contributed by atoms with Crippen LogP contribution in [0.1, 0.15) is 44.2 Å². The predicted octanol–water partition coefficient (Wildman–Crippen LogP) is 4.06. The molecule has 0 unspecified atom stereocenters. The molecule has 1 nitrogen and oxygen atoms in total. The summed E-state index contributed by atoms with van der Waals surface area (Å²) in [6, 6.07) is 4.64. The van der Waals surface area contributed by atoms with E-state index >= 15 is 0 Å². The largest absolute Gasteiger partial charge is 0.324 e. The average molecular weight is 230 g/mol. The molecule has 0 radical (unpaired) electrons. The van der Waals surface area contributed by atoms with Crippen molar-refractivity contribution in [2.24, 2.45) is 5.73 Å². The highest BCUT2D eigenvalue weighted by molar-refractivity contribution is 6.31. The van der Waals surface area contributed by atoms with Crippen LogP contribution in [-0.4, -0.2) is 0 Å². The smallest absolute Gasteiger partial charge is 0.142 e. The highest BCUT2D eigenvalue weighted by Gasteiger charge is 2.12. The minimum atomic E-state index is -0.389. The number of hydrogen-bond donors (Lipinski definition) is 1. The highest BCUT2D eigenvalue weighted by Crippen LogP contribution is 2.27. The molecule has 0 aliphatic heterocycles. The van der Waals surface area contributed by atoms with E-state index in [1.165, 1.54) is 6.07 Å². The summed E-state index contributed by atoms with van der Waals surface area (Å²) in [5, 5.41) is 0.168. The molecule has 1 aromatic carbocycles. The maximum absolute atomic E-state index is 13.1. The monoisotopic (exact) mass is 229 g/mol. The van der Waals surface area contributed by atoms with Crippen molar-refractivity contribution >= 4 is 11.6 Å². The third kappa shape index (κ3) is 3.47. The first-order valence-electron chi connectivity index (χ1n) is 5.36. The van der Waals surface area contributed by atoms with Crippen molar-refractivity contribution in [2.75, 3.05) is 0 Å². The minimum absolute atomic E-state index is 0.153. The van der Waals surface area contributed by atoms with Crippen molar-refractivity contribution in [2.45, 2.75) is 38.6 Å². The molecule has 2 N–H and O–H groups in total. The van der Waals surface area contributed by atoms with E-state index in [0.717, 1.165) is 25.7 Å². The summed E-state index contributed by atoms with van der Waals surface area (Å²) in [7, 11) is 0. The molecule has 0 saturated carbocycles. The summed E-state index contributed by atoms with van der Waals surface area (Å²) in [5.41, 5.74) is 6.67. The van der Waals surface area contributed by atoms with Crippen molar-refractivity contribution in [3.63, 3.8) is 0 Å². The summed E-state index contributed by atoms with van der Waals surface area (Å²) in [6.45, 7) is 2.14. The van der Waals surface area contributed by atoms with Gasteiger partial charge < -0.3 is 5.73 Å². The predicted molar refractivity (Wildman–Crippen MR) is 62.5 cm³/mol. The fourth-order valence-electron chi connectivity index (χ4n) is 1.58. The van der Waals surface area contributed by atoms with E-state index < -0.39 is 0 Å². The Bertz CT molecular complexity index is 314. The topological polar surface area (TPSA) is 26.0 Å². The molecule has 1 atom stereocenters. The Morgan fingerprint density at radius 3 is 2.80 bits per heavy atom. The zero-order valence-corrected chi connectivity index (χ0v) is 9.73. The number of hydrogen-bond acceptors (Lipinski definition) is 1. The van der Waals surface area contributed by atoms with Crippen LogP contribution >= 0.6 is 11.6 Å². The SMILES string of the molecule is CCCCC[C@@H](N)c1cccc(F)c1Cl. The van der Waals surface area contributed by atoms with E-state index in [9.17, 15) is 4.39 Å². The van der Waals surface area contributed by atoms with Crippen LogP contribution in [0.15, 0.2) is 18.2 Å². The number of rotatable bonds is 5. The molecule has 0 spiro atoms. The molecule has 15 heavy (non-hydrogen) atoms. The van der Waals surface area contributed by atoms with Gasteiger partial charge in [0.05, 0.1) is 5.02 Å². The second kappa shape index (κ2) is 6.09. The highest BCUT2D eigenvalue weighted by atomic mass is 35.5. The van der Waals surface area contributed by atoms with Crippen LogP contribution in [0.5, 0.6) is 0 Å². The van der Waals surface area contributed by atoms with Gasteiger partial charge in [0.2, 0.25) is 0 Å². The number of benzene rings is 1.